The molecule has 1 aliphatic heterocycles. The number of anilines is 3. The third-order valence-corrected chi connectivity index (χ3v) is 4.69. The topological polar surface area (TPSA) is 82.7 Å². The molecule has 3 rings (SSSR count). The second kappa shape index (κ2) is 9.32. The average molecular weight is 396 g/mol. The molecule has 0 aromatic heterocycles. The summed E-state index contributed by atoms with van der Waals surface area (Å²) in [6.45, 7) is 5.73. The first kappa shape index (κ1) is 20.5. The van der Waals surface area contributed by atoms with Gasteiger partial charge in [0, 0.05) is 42.3 Å². The fourth-order valence-electron chi connectivity index (χ4n) is 3.36. The van der Waals surface area contributed by atoms with Crippen molar-refractivity contribution in [3.63, 3.8) is 0 Å². The van der Waals surface area contributed by atoms with Gasteiger partial charge in [-0.05, 0) is 57.0 Å². The summed E-state index contributed by atoms with van der Waals surface area (Å²) in [6.07, 6.45) is 2.24. The highest BCUT2D eigenvalue weighted by Crippen LogP contribution is 2.28. The van der Waals surface area contributed by atoms with Crippen molar-refractivity contribution in [3.05, 3.63) is 48.0 Å². The highest BCUT2D eigenvalue weighted by molar-refractivity contribution is 6.04. The van der Waals surface area contributed by atoms with Crippen LogP contribution in [0, 0.1) is 0 Å². The van der Waals surface area contributed by atoms with Crippen molar-refractivity contribution >= 4 is 29.0 Å². The molecule has 0 unspecified atom stereocenters. The minimum absolute atomic E-state index is 0.0295. The van der Waals surface area contributed by atoms with Gasteiger partial charge in [0.25, 0.3) is 5.91 Å². The van der Waals surface area contributed by atoms with E-state index in [9.17, 15) is 9.59 Å². The molecule has 7 nitrogen and oxygen atoms in total. The smallest absolute Gasteiger partial charge is 0.323 e. The zero-order chi connectivity index (χ0) is 20.8. The molecule has 3 N–H and O–H groups in total. The lowest BCUT2D eigenvalue weighted by Gasteiger charge is -2.22. The van der Waals surface area contributed by atoms with Crippen molar-refractivity contribution in [2.45, 2.75) is 32.7 Å². The molecule has 0 aliphatic carbocycles. The summed E-state index contributed by atoms with van der Waals surface area (Å²) >= 11 is 0. The Balaban J connectivity index is 1.77. The van der Waals surface area contributed by atoms with E-state index in [1.165, 1.54) is 0 Å². The van der Waals surface area contributed by atoms with Crippen LogP contribution in [0.4, 0.5) is 21.9 Å². The van der Waals surface area contributed by atoms with Gasteiger partial charge in [0.2, 0.25) is 0 Å². The SMILES string of the molecule is COc1cccc(NC(=O)Nc2ccc(N3CCCC3)c(C(=O)NC(C)C)c2)c1. The molecule has 7 heteroatoms. The molecule has 0 spiro atoms. The molecule has 1 aliphatic rings. The van der Waals surface area contributed by atoms with E-state index in [1.54, 1.807) is 37.4 Å². The number of rotatable bonds is 6. The molecule has 0 atom stereocenters. The number of carbonyl (C=O) groups excluding carboxylic acids is 2. The summed E-state index contributed by atoms with van der Waals surface area (Å²) in [6, 6.07) is 12.2. The van der Waals surface area contributed by atoms with Crippen LogP contribution in [0.1, 0.15) is 37.0 Å². The molecule has 1 heterocycles. The number of ether oxygens (including phenoxy) is 1. The Morgan fingerprint density at radius 3 is 2.34 bits per heavy atom. The Morgan fingerprint density at radius 1 is 1.00 bits per heavy atom. The molecular formula is C22H28N4O3. The van der Waals surface area contributed by atoms with Gasteiger partial charge in [-0.25, -0.2) is 4.79 Å². The first-order valence-corrected chi connectivity index (χ1v) is 9.88. The maximum Gasteiger partial charge on any atom is 0.323 e. The second-order valence-electron chi connectivity index (χ2n) is 7.37. The molecule has 2 aromatic rings. The van der Waals surface area contributed by atoms with Crippen molar-refractivity contribution in [3.8, 4) is 5.75 Å². The zero-order valence-corrected chi connectivity index (χ0v) is 17.1. The predicted octanol–water partition coefficient (Wildman–Crippen LogP) is 4.08. The maximum atomic E-state index is 12.8. The van der Waals surface area contributed by atoms with Gasteiger partial charge in [0.05, 0.1) is 12.7 Å². The first-order chi connectivity index (χ1) is 14.0. The van der Waals surface area contributed by atoms with Gasteiger partial charge in [-0.15, -0.1) is 0 Å². The summed E-state index contributed by atoms with van der Waals surface area (Å²) in [5.41, 5.74) is 2.65. The van der Waals surface area contributed by atoms with Crippen LogP contribution >= 0.6 is 0 Å². The van der Waals surface area contributed by atoms with Crippen molar-refractivity contribution in [2.24, 2.45) is 0 Å². The highest BCUT2D eigenvalue weighted by Gasteiger charge is 2.21. The lowest BCUT2D eigenvalue weighted by molar-refractivity contribution is 0.0943. The van der Waals surface area contributed by atoms with Gasteiger partial charge >= 0.3 is 6.03 Å². The van der Waals surface area contributed by atoms with Crippen LogP contribution in [0.5, 0.6) is 5.75 Å². The fourth-order valence-corrected chi connectivity index (χ4v) is 3.36. The Morgan fingerprint density at radius 2 is 1.69 bits per heavy atom. The normalized spacial score (nSPS) is 13.3. The van der Waals surface area contributed by atoms with Gasteiger partial charge in [0.15, 0.2) is 0 Å². The lowest BCUT2D eigenvalue weighted by atomic mass is 10.1. The predicted molar refractivity (Wildman–Crippen MR) is 116 cm³/mol. The van der Waals surface area contributed by atoms with Crippen molar-refractivity contribution < 1.29 is 14.3 Å². The van der Waals surface area contributed by atoms with Crippen molar-refractivity contribution in [1.82, 2.24) is 5.32 Å². The van der Waals surface area contributed by atoms with E-state index in [0.717, 1.165) is 31.6 Å². The Hall–Kier alpha value is -3.22. The van der Waals surface area contributed by atoms with Crippen LogP contribution in [0.2, 0.25) is 0 Å². The number of nitrogens with one attached hydrogen (secondary N) is 3. The van der Waals surface area contributed by atoms with Gasteiger partial charge in [-0.1, -0.05) is 6.07 Å². The zero-order valence-electron chi connectivity index (χ0n) is 17.1. The molecule has 29 heavy (non-hydrogen) atoms. The number of methoxy groups -OCH3 is 1. The molecule has 0 bridgehead atoms. The summed E-state index contributed by atoms with van der Waals surface area (Å²) in [7, 11) is 1.57. The second-order valence-corrected chi connectivity index (χ2v) is 7.37. The largest absolute Gasteiger partial charge is 0.497 e. The molecule has 0 radical (unpaired) electrons. The molecule has 2 aromatic carbocycles. The lowest BCUT2D eigenvalue weighted by Crippen LogP contribution is -2.32. The van der Waals surface area contributed by atoms with E-state index in [1.807, 2.05) is 26.0 Å². The van der Waals surface area contributed by atoms with E-state index >= 15 is 0 Å². The van der Waals surface area contributed by atoms with Crippen LogP contribution in [-0.2, 0) is 0 Å². The van der Waals surface area contributed by atoms with Crippen LogP contribution < -0.4 is 25.6 Å². The Labute approximate surface area is 171 Å². The standard InChI is InChI=1S/C22H28N4O3/c1-15(2)23-21(27)19-14-17(9-10-20(19)26-11-4-5-12-26)25-22(28)24-16-7-6-8-18(13-16)29-3/h6-10,13-15H,4-5,11-12H2,1-3H3,(H,23,27)(H2,24,25,28). The fraction of sp³-hybridized carbons (Fsp3) is 0.364. The van der Waals surface area contributed by atoms with Gasteiger partial charge in [-0.3, -0.25) is 4.79 Å². The summed E-state index contributed by atoms with van der Waals surface area (Å²) in [5.74, 6) is 0.518. The number of benzene rings is 2. The number of hydrogen-bond acceptors (Lipinski definition) is 4. The minimum atomic E-state index is -0.387. The average Bonchev–Trinajstić information content (AvgIpc) is 3.22. The Bertz CT molecular complexity index is 876. The maximum absolute atomic E-state index is 12.8. The van der Waals surface area contributed by atoms with E-state index < -0.39 is 0 Å². The number of amides is 3. The van der Waals surface area contributed by atoms with E-state index in [-0.39, 0.29) is 18.0 Å². The molecule has 1 fully saturated rings. The molecule has 154 valence electrons. The molecule has 0 saturated carbocycles. The molecular weight excluding hydrogens is 368 g/mol. The van der Waals surface area contributed by atoms with E-state index in [0.29, 0.717) is 22.7 Å². The van der Waals surface area contributed by atoms with Gasteiger partial charge < -0.3 is 25.6 Å². The van der Waals surface area contributed by atoms with E-state index in [2.05, 4.69) is 20.9 Å². The van der Waals surface area contributed by atoms with Crippen LogP contribution in [0.15, 0.2) is 42.5 Å². The third kappa shape index (κ3) is 5.40. The number of carbonyl (C=O) groups is 2. The van der Waals surface area contributed by atoms with Gasteiger partial charge in [0.1, 0.15) is 5.75 Å². The number of hydrogen-bond donors (Lipinski definition) is 3. The summed E-state index contributed by atoms with van der Waals surface area (Å²) in [5, 5.41) is 8.53. The van der Waals surface area contributed by atoms with Crippen LogP contribution in [0.3, 0.4) is 0 Å². The quantitative estimate of drug-likeness (QED) is 0.687. The van der Waals surface area contributed by atoms with Crippen LogP contribution in [-0.4, -0.2) is 38.2 Å². The number of nitrogens with zero attached hydrogens (tertiary/aromatic N) is 1. The third-order valence-electron chi connectivity index (χ3n) is 4.69. The van der Waals surface area contributed by atoms with E-state index in [4.69, 9.17) is 4.74 Å². The minimum Gasteiger partial charge on any atom is -0.497 e. The van der Waals surface area contributed by atoms with Gasteiger partial charge in [-0.2, -0.15) is 0 Å². The van der Waals surface area contributed by atoms with Crippen molar-refractivity contribution in [2.75, 3.05) is 35.7 Å². The van der Waals surface area contributed by atoms with Crippen LogP contribution in [0.25, 0.3) is 0 Å². The first-order valence-electron chi connectivity index (χ1n) is 9.88. The summed E-state index contributed by atoms with van der Waals surface area (Å²) < 4.78 is 5.17. The molecule has 1 saturated heterocycles. The monoisotopic (exact) mass is 396 g/mol. The summed E-state index contributed by atoms with van der Waals surface area (Å²) in [4.78, 5) is 27.4. The Kier molecular flexibility index (Phi) is 6.59. The molecule has 3 amide bonds. The van der Waals surface area contributed by atoms with Crippen molar-refractivity contribution in [1.29, 1.82) is 0 Å². The number of urea groups is 1. The highest BCUT2D eigenvalue weighted by atomic mass is 16.5.